The summed E-state index contributed by atoms with van der Waals surface area (Å²) in [4.78, 5) is 12.9. The third-order valence-electron chi connectivity index (χ3n) is 4.39. The maximum atomic E-state index is 11.6. The van der Waals surface area contributed by atoms with Crippen molar-refractivity contribution in [3.63, 3.8) is 0 Å². The lowest BCUT2D eigenvalue weighted by molar-refractivity contribution is 0.414. The van der Waals surface area contributed by atoms with Gasteiger partial charge in [0, 0.05) is 12.8 Å². The first-order valence-electron chi connectivity index (χ1n) is 9.19. The van der Waals surface area contributed by atoms with Crippen LogP contribution in [-0.4, -0.2) is 36.7 Å². The Hall–Kier alpha value is -3.40. The first kappa shape index (κ1) is 21.3. The number of hydrogen-bond acceptors (Lipinski definition) is 9. The van der Waals surface area contributed by atoms with Crippen LogP contribution in [0.1, 0.15) is 24.1 Å². The molecule has 0 saturated carbocycles. The van der Waals surface area contributed by atoms with Gasteiger partial charge in [-0.05, 0) is 42.3 Å². The molecule has 0 fully saturated rings. The van der Waals surface area contributed by atoms with Gasteiger partial charge < -0.3 is 21.1 Å². The fourth-order valence-electron chi connectivity index (χ4n) is 2.76. The van der Waals surface area contributed by atoms with Gasteiger partial charge in [-0.2, -0.15) is 15.0 Å². The Bertz CT molecular complexity index is 1120. The average Bonchev–Trinajstić information content (AvgIpc) is 2.71. The van der Waals surface area contributed by atoms with Crippen molar-refractivity contribution < 1.29 is 13.2 Å². The van der Waals surface area contributed by atoms with E-state index < -0.39 is 9.84 Å². The van der Waals surface area contributed by atoms with Gasteiger partial charge in [-0.25, -0.2) is 8.42 Å². The average molecular weight is 429 g/mol. The van der Waals surface area contributed by atoms with E-state index in [2.05, 4.69) is 25.6 Å². The van der Waals surface area contributed by atoms with Crippen LogP contribution in [-0.2, 0) is 16.4 Å². The second-order valence-corrected chi connectivity index (χ2v) is 8.77. The number of sulfone groups is 1. The van der Waals surface area contributed by atoms with Gasteiger partial charge in [-0.1, -0.05) is 24.3 Å². The maximum Gasteiger partial charge on any atom is 0.229 e. The molecule has 0 spiro atoms. The van der Waals surface area contributed by atoms with Crippen molar-refractivity contribution in [1.82, 2.24) is 15.0 Å². The van der Waals surface area contributed by atoms with E-state index in [0.717, 1.165) is 16.9 Å². The zero-order chi connectivity index (χ0) is 21.7. The zero-order valence-electron chi connectivity index (χ0n) is 17.0. The molecule has 0 aliphatic heterocycles. The van der Waals surface area contributed by atoms with Crippen LogP contribution in [0.15, 0.2) is 53.4 Å². The number of hydrogen-bond donors (Lipinski definition) is 3. The number of nitrogens with two attached hydrogens (primary N) is 1. The van der Waals surface area contributed by atoms with E-state index >= 15 is 0 Å². The first-order chi connectivity index (χ1) is 14.2. The van der Waals surface area contributed by atoms with Crippen molar-refractivity contribution in [3.8, 4) is 5.75 Å². The fraction of sp³-hybridized carbons (Fsp3) is 0.250. The van der Waals surface area contributed by atoms with Gasteiger partial charge in [-0.3, -0.25) is 0 Å². The highest BCUT2D eigenvalue weighted by molar-refractivity contribution is 7.90. The molecule has 1 heterocycles. The van der Waals surface area contributed by atoms with Gasteiger partial charge in [0.15, 0.2) is 9.84 Å². The normalized spacial score (nSPS) is 12.2. The summed E-state index contributed by atoms with van der Waals surface area (Å²) in [5, 5.41) is 6.29. The van der Waals surface area contributed by atoms with Crippen LogP contribution in [0.25, 0.3) is 0 Å². The Morgan fingerprint density at radius 2 is 1.77 bits per heavy atom. The number of nitrogens with zero attached hydrogens (tertiary/aromatic N) is 3. The van der Waals surface area contributed by atoms with E-state index in [4.69, 9.17) is 10.5 Å². The third-order valence-corrected chi connectivity index (χ3v) is 5.52. The van der Waals surface area contributed by atoms with E-state index in [-0.39, 0.29) is 16.9 Å². The number of nitrogens with one attached hydrogen (secondary N) is 2. The van der Waals surface area contributed by atoms with Crippen LogP contribution in [0.3, 0.4) is 0 Å². The predicted octanol–water partition coefficient (Wildman–Crippen LogP) is 2.65. The molecular formula is C20H24N6O3S. The quantitative estimate of drug-likeness (QED) is 0.495. The number of anilines is 3. The summed E-state index contributed by atoms with van der Waals surface area (Å²) >= 11 is 0. The fourth-order valence-corrected chi connectivity index (χ4v) is 3.39. The second-order valence-electron chi connectivity index (χ2n) is 6.75. The molecule has 9 nitrogen and oxygen atoms in total. The minimum atomic E-state index is -3.22. The summed E-state index contributed by atoms with van der Waals surface area (Å²) in [5.41, 5.74) is 7.71. The van der Waals surface area contributed by atoms with Crippen molar-refractivity contribution in [2.24, 2.45) is 0 Å². The Morgan fingerprint density at radius 1 is 1.07 bits per heavy atom. The molecule has 158 valence electrons. The molecule has 0 bridgehead atoms. The van der Waals surface area contributed by atoms with Gasteiger partial charge >= 0.3 is 0 Å². The van der Waals surface area contributed by atoms with E-state index in [1.165, 1.54) is 6.26 Å². The highest BCUT2D eigenvalue weighted by Gasteiger charge is 2.11. The predicted molar refractivity (Wildman–Crippen MR) is 116 cm³/mol. The van der Waals surface area contributed by atoms with E-state index in [1.54, 1.807) is 31.4 Å². The molecule has 1 aromatic heterocycles. The Labute approximate surface area is 175 Å². The number of rotatable bonds is 8. The molecule has 2 aromatic carbocycles. The molecular weight excluding hydrogens is 404 g/mol. The van der Waals surface area contributed by atoms with E-state index in [0.29, 0.717) is 18.4 Å². The molecule has 0 amide bonds. The SMILES string of the molecule is COc1cccc(C(C)Nc2nc(N)nc(NCc3ccc(S(C)(=O)=O)cc3)n2)c1. The maximum absolute atomic E-state index is 11.6. The summed E-state index contributed by atoms with van der Waals surface area (Å²) in [7, 11) is -1.60. The number of aromatic nitrogens is 3. The summed E-state index contributed by atoms with van der Waals surface area (Å²) in [6.45, 7) is 2.38. The lowest BCUT2D eigenvalue weighted by Crippen LogP contribution is -2.13. The summed E-state index contributed by atoms with van der Waals surface area (Å²) in [6, 6.07) is 14.2. The van der Waals surface area contributed by atoms with Crippen molar-refractivity contribution in [2.45, 2.75) is 24.4 Å². The van der Waals surface area contributed by atoms with Crippen LogP contribution in [0, 0.1) is 0 Å². The summed E-state index contributed by atoms with van der Waals surface area (Å²) in [6.07, 6.45) is 1.18. The van der Waals surface area contributed by atoms with Crippen molar-refractivity contribution in [2.75, 3.05) is 29.7 Å². The van der Waals surface area contributed by atoms with Gasteiger partial charge in [0.2, 0.25) is 17.8 Å². The molecule has 3 aromatic rings. The molecule has 1 unspecified atom stereocenters. The largest absolute Gasteiger partial charge is 0.497 e. The van der Waals surface area contributed by atoms with Crippen molar-refractivity contribution in [1.29, 1.82) is 0 Å². The van der Waals surface area contributed by atoms with Crippen molar-refractivity contribution in [3.05, 3.63) is 59.7 Å². The summed E-state index contributed by atoms with van der Waals surface area (Å²) in [5.74, 6) is 1.50. The van der Waals surface area contributed by atoms with Crippen LogP contribution in [0.4, 0.5) is 17.8 Å². The summed E-state index contributed by atoms with van der Waals surface area (Å²) < 4.78 is 28.4. The molecule has 0 aliphatic carbocycles. The highest BCUT2D eigenvalue weighted by atomic mass is 32.2. The van der Waals surface area contributed by atoms with Gasteiger partial charge in [0.25, 0.3) is 0 Å². The van der Waals surface area contributed by atoms with Gasteiger partial charge in [0.05, 0.1) is 18.0 Å². The molecule has 0 radical (unpaired) electrons. The lowest BCUT2D eigenvalue weighted by Gasteiger charge is -2.16. The van der Waals surface area contributed by atoms with Crippen LogP contribution in [0.5, 0.6) is 5.75 Å². The molecule has 0 aliphatic rings. The highest BCUT2D eigenvalue weighted by Crippen LogP contribution is 2.22. The third kappa shape index (κ3) is 5.57. The van der Waals surface area contributed by atoms with Crippen LogP contribution >= 0.6 is 0 Å². The van der Waals surface area contributed by atoms with Gasteiger partial charge in [-0.15, -0.1) is 0 Å². The topological polar surface area (TPSA) is 132 Å². The van der Waals surface area contributed by atoms with E-state index in [9.17, 15) is 8.42 Å². The molecule has 0 saturated heterocycles. The molecule has 4 N–H and O–H groups in total. The lowest BCUT2D eigenvalue weighted by atomic mass is 10.1. The zero-order valence-corrected chi connectivity index (χ0v) is 17.8. The Kier molecular flexibility index (Phi) is 6.36. The first-order valence-corrected chi connectivity index (χ1v) is 11.1. The number of methoxy groups -OCH3 is 1. The van der Waals surface area contributed by atoms with E-state index in [1.807, 2.05) is 31.2 Å². The minimum absolute atomic E-state index is 0.0836. The van der Waals surface area contributed by atoms with Crippen molar-refractivity contribution >= 4 is 27.7 Å². The van der Waals surface area contributed by atoms with Crippen LogP contribution in [0.2, 0.25) is 0 Å². The molecule has 10 heteroatoms. The smallest absolute Gasteiger partial charge is 0.229 e. The number of benzene rings is 2. The Balaban J connectivity index is 1.69. The van der Waals surface area contributed by atoms with Gasteiger partial charge in [0.1, 0.15) is 5.75 Å². The molecule has 1 atom stereocenters. The van der Waals surface area contributed by atoms with Crippen LogP contribution < -0.4 is 21.1 Å². The minimum Gasteiger partial charge on any atom is -0.497 e. The standard InChI is InChI=1S/C20H24N6O3S/c1-13(15-5-4-6-16(11-15)29-2)23-20-25-18(21)24-19(26-20)22-12-14-7-9-17(10-8-14)30(3,27)28/h4-11,13H,12H2,1-3H3,(H4,21,22,23,24,25,26). The monoisotopic (exact) mass is 428 g/mol. The second kappa shape index (κ2) is 8.95. The molecule has 30 heavy (non-hydrogen) atoms. The Morgan fingerprint density at radius 3 is 2.43 bits per heavy atom. The molecule has 3 rings (SSSR count). The number of ether oxygens (including phenoxy) is 1. The number of nitrogen functional groups attached to an aromatic ring is 1.